The van der Waals surface area contributed by atoms with Gasteiger partial charge in [-0.2, -0.15) is 0 Å². The van der Waals surface area contributed by atoms with E-state index in [9.17, 15) is 9.59 Å². The number of benzene rings is 1. The van der Waals surface area contributed by atoms with Crippen molar-refractivity contribution in [2.24, 2.45) is 5.41 Å². The van der Waals surface area contributed by atoms with Crippen LogP contribution in [0.3, 0.4) is 0 Å². The van der Waals surface area contributed by atoms with E-state index in [4.69, 9.17) is 0 Å². The maximum atomic E-state index is 12.4. The van der Waals surface area contributed by atoms with Crippen molar-refractivity contribution in [3.8, 4) is 0 Å². The van der Waals surface area contributed by atoms with Gasteiger partial charge in [0, 0.05) is 23.5 Å². The van der Waals surface area contributed by atoms with E-state index in [1.54, 1.807) is 6.07 Å². The van der Waals surface area contributed by atoms with Gasteiger partial charge in [0.15, 0.2) is 0 Å². The first-order chi connectivity index (χ1) is 10.7. The van der Waals surface area contributed by atoms with E-state index in [0.29, 0.717) is 12.1 Å². The summed E-state index contributed by atoms with van der Waals surface area (Å²) in [6.45, 7) is 7.61. The molecule has 2 rings (SSSR count). The average molecular weight is 335 g/mol. The zero-order valence-corrected chi connectivity index (χ0v) is 15.2. The Morgan fingerprint density at radius 3 is 2.74 bits per heavy atom. The fourth-order valence-electron chi connectivity index (χ4n) is 2.68. The van der Waals surface area contributed by atoms with Crippen molar-refractivity contribution in [2.75, 3.05) is 32.5 Å². The van der Waals surface area contributed by atoms with Gasteiger partial charge in [-0.1, -0.05) is 13.8 Å². The van der Waals surface area contributed by atoms with Crippen molar-refractivity contribution in [1.82, 2.24) is 10.2 Å². The molecular formula is C17H25N3O2S. The van der Waals surface area contributed by atoms with Crippen molar-refractivity contribution in [3.63, 3.8) is 0 Å². The van der Waals surface area contributed by atoms with E-state index in [2.05, 4.69) is 29.4 Å². The van der Waals surface area contributed by atoms with Crippen LogP contribution in [0.2, 0.25) is 0 Å². The van der Waals surface area contributed by atoms with Crippen LogP contribution in [0.5, 0.6) is 0 Å². The topological polar surface area (TPSA) is 61.4 Å². The third kappa shape index (κ3) is 4.72. The highest BCUT2D eigenvalue weighted by Gasteiger charge is 2.24. The number of amides is 2. The second kappa shape index (κ2) is 6.93. The SMILES string of the molecule is CC1Sc2ccc(C(=O)NCC(C)(C)CN(C)C)cc2NC1=O. The summed E-state index contributed by atoms with van der Waals surface area (Å²) in [5.74, 6) is -0.135. The van der Waals surface area contributed by atoms with Gasteiger partial charge in [-0.05, 0) is 44.6 Å². The van der Waals surface area contributed by atoms with Gasteiger partial charge in [0.1, 0.15) is 0 Å². The molecule has 1 unspecified atom stereocenters. The van der Waals surface area contributed by atoms with Crippen LogP contribution in [0.4, 0.5) is 5.69 Å². The number of nitrogens with zero attached hydrogens (tertiary/aromatic N) is 1. The Morgan fingerprint density at radius 1 is 1.39 bits per heavy atom. The highest BCUT2D eigenvalue weighted by Crippen LogP contribution is 2.35. The third-order valence-electron chi connectivity index (χ3n) is 3.64. The third-order valence-corrected chi connectivity index (χ3v) is 4.82. The average Bonchev–Trinajstić information content (AvgIpc) is 2.44. The maximum absolute atomic E-state index is 12.4. The molecular weight excluding hydrogens is 310 g/mol. The van der Waals surface area contributed by atoms with Gasteiger partial charge >= 0.3 is 0 Å². The lowest BCUT2D eigenvalue weighted by Gasteiger charge is -2.28. The summed E-state index contributed by atoms with van der Waals surface area (Å²) in [5.41, 5.74) is 1.28. The van der Waals surface area contributed by atoms with Crippen molar-refractivity contribution >= 4 is 29.3 Å². The predicted octanol–water partition coefficient (Wildman–Crippen LogP) is 2.44. The Kier molecular flexibility index (Phi) is 5.37. The largest absolute Gasteiger partial charge is 0.351 e. The van der Waals surface area contributed by atoms with E-state index < -0.39 is 0 Å². The first-order valence-electron chi connectivity index (χ1n) is 7.72. The van der Waals surface area contributed by atoms with Crippen molar-refractivity contribution in [3.05, 3.63) is 23.8 Å². The minimum absolute atomic E-state index is 0.00708. The fraction of sp³-hybridized carbons (Fsp3) is 0.529. The maximum Gasteiger partial charge on any atom is 0.251 e. The summed E-state index contributed by atoms with van der Waals surface area (Å²) in [6, 6.07) is 5.46. The van der Waals surface area contributed by atoms with Crippen LogP contribution >= 0.6 is 11.8 Å². The number of anilines is 1. The van der Waals surface area contributed by atoms with Crippen molar-refractivity contribution in [2.45, 2.75) is 30.9 Å². The van der Waals surface area contributed by atoms with Crippen LogP contribution in [0, 0.1) is 5.41 Å². The molecule has 126 valence electrons. The number of nitrogens with one attached hydrogen (secondary N) is 2. The molecule has 0 bridgehead atoms. The summed E-state index contributed by atoms with van der Waals surface area (Å²) < 4.78 is 0. The number of thioether (sulfide) groups is 1. The van der Waals surface area contributed by atoms with Crippen molar-refractivity contribution < 1.29 is 9.59 Å². The summed E-state index contributed by atoms with van der Waals surface area (Å²) in [7, 11) is 4.04. The Morgan fingerprint density at radius 2 is 2.09 bits per heavy atom. The molecule has 0 radical (unpaired) electrons. The Hall–Kier alpha value is -1.53. The lowest BCUT2D eigenvalue weighted by atomic mass is 9.93. The van der Waals surface area contributed by atoms with Gasteiger partial charge in [0.25, 0.3) is 5.91 Å². The van der Waals surface area contributed by atoms with Gasteiger partial charge in [-0.25, -0.2) is 0 Å². The highest BCUT2D eigenvalue weighted by atomic mass is 32.2. The molecule has 6 heteroatoms. The quantitative estimate of drug-likeness (QED) is 0.868. The summed E-state index contributed by atoms with van der Waals surface area (Å²) >= 11 is 1.52. The number of rotatable bonds is 5. The number of hydrogen-bond acceptors (Lipinski definition) is 4. The summed E-state index contributed by atoms with van der Waals surface area (Å²) in [4.78, 5) is 27.2. The molecule has 0 saturated heterocycles. The monoisotopic (exact) mass is 335 g/mol. The van der Waals surface area contributed by atoms with Crippen LogP contribution in [-0.2, 0) is 4.79 Å². The van der Waals surface area contributed by atoms with E-state index in [1.165, 1.54) is 11.8 Å². The molecule has 0 spiro atoms. The van der Waals surface area contributed by atoms with Crippen LogP contribution in [0.25, 0.3) is 0 Å². The van der Waals surface area contributed by atoms with Crippen molar-refractivity contribution in [1.29, 1.82) is 0 Å². The first-order valence-corrected chi connectivity index (χ1v) is 8.60. The van der Waals surface area contributed by atoms with Crippen LogP contribution in [0.1, 0.15) is 31.1 Å². The molecule has 0 aliphatic carbocycles. The molecule has 23 heavy (non-hydrogen) atoms. The molecule has 5 nitrogen and oxygen atoms in total. The lowest BCUT2D eigenvalue weighted by Crippen LogP contribution is -2.40. The molecule has 0 aromatic heterocycles. The van der Waals surface area contributed by atoms with E-state index >= 15 is 0 Å². The number of hydrogen-bond donors (Lipinski definition) is 2. The van der Waals surface area contributed by atoms with Gasteiger partial charge in [0.05, 0.1) is 10.9 Å². The number of carbonyl (C=O) groups is 2. The minimum Gasteiger partial charge on any atom is -0.351 e. The van der Waals surface area contributed by atoms with Crippen LogP contribution in [0.15, 0.2) is 23.1 Å². The molecule has 0 fully saturated rings. The summed E-state index contributed by atoms with van der Waals surface area (Å²) in [5, 5.41) is 5.74. The fourth-order valence-corrected chi connectivity index (χ4v) is 3.61. The normalized spacial score (nSPS) is 17.7. The zero-order valence-electron chi connectivity index (χ0n) is 14.4. The molecule has 0 saturated carbocycles. The van der Waals surface area contributed by atoms with Gasteiger partial charge in [0.2, 0.25) is 5.91 Å². The summed E-state index contributed by atoms with van der Waals surface area (Å²) in [6.07, 6.45) is 0. The predicted molar refractivity (Wildman–Crippen MR) is 95.1 cm³/mol. The molecule has 1 atom stereocenters. The Bertz CT molecular complexity index is 614. The molecule has 1 aromatic carbocycles. The van der Waals surface area contributed by atoms with E-state index in [0.717, 1.165) is 17.1 Å². The highest BCUT2D eigenvalue weighted by molar-refractivity contribution is 8.00. The minimum atomic E-state index is -0.113. The zero-order chi connectivity index (χ0) is 17.2. The van der Waals surface area contributed by atoms with E-state index in [-0.39, 0.29) is 22.5 Å². The molecule has 1 aliphatic heterocycles. The lowest BCUT2D eigenvalue weighted by molar-refractivity contribution is -0.115. The van der Waals surface area contributed by atoms with Gasteiger partial charge in [-0.3, -0.25) is 9.59 Å². The second-order valence-electron chi connectivity index (χ2n) is 7.04. The second-order valence-corrected chi connectivity index (χ2v) is 8.43. The smallest absolute Gasteiger partial charge is 0.251 e. The Labute approximate surface area is 142 Å². The molecule has 1 aliphatic rings. The standard InChI is InChI=1S/C17H25N3O2S/c1-11-15(21)19-13-8-12(6-7-14(13)23-11)16(22)18-9-17(2,3)10-20(4)5/h6-8,11H,9-10H2,1-5H3,(H,18,22)(H,19,21). The number of fused-ring (bicyclic) bond motifs is 1. The van der Waals surface area contributed by atoms with Gasteiger partial charge in [-0.15, -0.1) is 11.8 Å². The van der Waals surface area contributed by atoms with E-state index in [1.807, 2.05) is 33.2 Å². The molecule has 2 N–H and O–H groups in total. The molecule has 2 amide bonds. The van der Waals surface area contributed by atoms with Crippen LogP contribution < -0.4 is 10.6 Å². The molecule has 1 aromatic rings. The number of carbonyl (C=O) groups excluding carboxylic acids is 2. The molecule has 1 heterocycles. The first kappa shape index (κ1) is 17.8. The Balaban J connectivity index is 2.04. The van der Waals surface area contributed by atoms with Crippen LogP contribution in [-0.4, -0.2) is 49.1 Å². The van der Waals surface area contributed by atoms with Gasteiger partial charge < -0.3 is 15.5 Å².